The highest BCUT2D eigenvalue weighted by Gasteiger charge is 2.25. The van der Waals surface area contributed by atoms with Gasteiger partial charge >= 0.3 is 11.7 Å². The van der Waals surface area contributed by atoms with Gasteiger partial charge < -0.3 is 15.5 Å². The average Bonchev–Trinajstić information content (AvgIpc) is 2.73. The largest absolute Gasteiger partial charge is 0.480 e. The van der Waals surface area contributed by atoms with E-state index in [0.29, 0.717) is 0 Å². The molecule has 1 amide bonds. The van der Waals surface area contributed by atoms with Crippen LogP contribution in [-0.2, 0) is 16.1 Å². The maximum Gasteiger partial charge on any atom is 0.328 e. The quantitative estimate of drug-likeness (QED) is 0.432. The highest BCUT2D eigenvalue weighted by molar-refractivity contribution is 5.83. The lowest BCUT2D eigenvalue weighted by molar-refractivity contribution is -0.385. The van der Waals surface area contributed by atoms with Crippen molar-refractivity contribution < 1.29 is 24.7 Å². The molecule has 2 unspecified atom stereocenters. The number of amides is 1. The number of nitro groups is 1. The Bertz CT molecular complexity index is 497. The Labute approximate surface area is 106 Å². The fraction of sp³-hybridized carbons (Fsp3) is 0.444. The molecule has 0 fully saturated rings. The molecule has 0 aliphatic carbocycles. The topological polar surface area (TPSA) is 148 Å². The second-order valence-corrected chi connectivity index (χ2v) is 3.78. The lowest BCUT2D eigenvalue weighted by Crippen LogP contribution is -2.48. The van der Waals surface area contributed by atoms with E-state index in [9.17, 15) is 19.7 Å². The number of carboxylic acid groups (broad SMARTS) is 1. The maximum absolute atomic E-state index is 11.5. The number of carboxylic acids is 1. The number of aliphatic hydroxyl groups excluding tert-OH is 1. The zero-order valence-corrected chi connectivity index (χ0v) is 9.89. The lowest BCUT2D eigenvalue weighted by Gasteiger charge is -2.16. The van der Waals surface area contributed by atoms with Gasteiger partial charge in [-0.15, -0.1) is 0 Å². The number of carbonyl (C=O) groups excluding carboxylic acids is 1. The van der Waals surface area contributed by atoms with Crippen molar-refractivity contribution in [2.75, 3.05) is 0 Å². The van der Waals surface area contributed by atoms with Crippen LogP contribution in [0.4, 0.5) is 5.69 Å². The van der Waals surface area contributed by atoms with E-state index < -0.39 is 28.9 Å². The van der Waals surface area contributed by atoms with Gasteiger partial charge in [-0.1, -0.05) is 0 Å². The number of aromatic nitrogens is 2. The predicted molar refractivity (Wildman–Crippen MR) is 60.1 cm³/mol. The number of aliphatic hydroxyl groups is 1. The van der Waals surface area contributed by atoms with Crippen molar-refractivity contribution in [2.24, 2.45) is 0 Å². The Balaban J connectivity index is 2.63. The summed E-state index contributed by atoms with van der Waals surface area (Å²) in [6, 6.07) is -1.45. The van der Waals surface area contributed by atoms with Crippen LogP contribution < -0.4 is 5.32 Å². The van der Waals surface area contributed by atoms with Gasteiger partial charge in [0.1, 0.15) is 18.9 Å². The molecule has 10 nitrogen and oxygen atoms in total. The molecule has 0 aliphatic rings. The molecule has 104 valence electrons. The van der Waals surface area contributed by atoms with Gasteiger partial charge in [-0.3, -0.25) is 19.6 Å². The molecule has 1 rings (SSSR count). The zero-order chi connectivity index (χ0) is 14.6. The monoisotopic (exact) mass is 272 g/mol. The second kappa shape index (κ2) is 5.91. The molecule has 19 heavy (non-hydrogen) atoms. The molecule has 0 spiro atoms. The van der Waals surface area contributed by atoms with Crippen molar-refractivity contribution in [2.45, 2.75) is 25.6 Å². The molecule has 0 saturated carbocycles. The van der Waals surface area contributed by atoms with E-state index in [0.717, 1.165) is 17.1 Å². The number of carbonyl (C=O) groups is 2. The molecule has 3 N–H and O–H groups in total. The SMILES string of the molecule is CC(O)C(NC(=O)Cn1cc([N+](=O)[O-])cn1)C(=O)O. The highest BCUT2D eigenvalue weighted by atomic mass is 16.6. The molecule has 0 aromatic carbocycles. The first-order valence-electron chi connectivity index (χ1n) is 5.18. The van der Waals surface area contributed by atoms with Crippen molar-refractivity contribution in [1.29, 1.82) is 0 Å². The first kappa shape index (κ1) is 14.6. The van der Waals surface area contributed by atoms with Gasteiger partial charge in [0, 0.05) is 0 Å². The van der Waals surface area contributed by atoms with Crippen LogP contribution in [0.3, 0.4) is 0 Å². The van der Waals surface area contributed by atoms with E-state index in [1.54, 1.807) is 0 Å². The lowest BCUT2D eigenvalue weighted by atomic mass is 10.2. The highest BCUT2D eigenvalue weighted by Crippen LogP contribution is 2.07. The van der Waals surface area contributed by atoms with Crippen LogP contribution in [-0.4, -0.2) is 48.9 Å². The molecule has 10 heteroatoms. The molecule has 0 aliphatic heterocycles. The minimum absolute atomic E-state index is 0.280. The van der Waals surface area contributed by atoms with Crippen LogP contribution in [0.1, 0.15) is 6.92 Å². The van der Waals surface area contributed by atoms with E-state index >= 15 is 0 Å². The molecule has 1 aromatic rings. The minimum Gasteiger partial charge on any atom is -0.480 e. The summed E-state index contributed by atoms with van der Waals surface area (Å²) in [5.74, 6) is -2.11. The van der Waals surface area contributed by atoms with Crippen LogP contribution in [0.15, 0.2) is 12.4 Å². The first-order valence-corrected chi connectivity index (χ1v) is 5.18. The van der Waals surface area contributed by atoms with Crippen LogP contribution in [0.2, 0.25) is 0 Å². The van der Waals surface area contributed by atoms with Crippen molar-refractivity contribution in [3.8, 4) is 0 Å². The molecule has 0 bridgehead atoms. The fourth-order valence-electron chi connectivity index (χ4n) is 1.29. The van der Waals surface area contributed by atoms with Crippen molar-refractivity contribution in [3.63, 3.8) is 0 Å². The fourth-order valence-corrected chi connectivity index (χ4v) is 1.29. The summed E-state index contributed by atoms with van der Waals surface area (Å²) in [7, 11) is 0. The molecule has 2 atom stereocenters. The maximum atomic E-state index is 11.5. The summed E-state index contributed by atoms with van der Waals surface area (Å²) in [4.78, 5) is 32.0. The van der Waals surface area contributed by atoms with Crippen molar-refractivity contribution in [3.05, 3.63) is 22.5 Å². The Morgan fingerprint density at radius 3 is 2.68 bits per heavy atom. The molecular weight excluding hydrogens is 260 g/mol. The Kier molecular flexibility index (Phi) is 4.53. The van der Waals surface area contributed by atoms with Crippen molar-refractivity contribution in [1.82, 2.24) is 15.1 Å². The van der Waals surface area contributed by atoms with Gasteiger partial charge in [-0.2, -0.15) is 5.10 Å². The summed E-state index contributed by atoms with van der Waals surface area (Å²) in [5.41, 5.74) is -0.280. The molecule has 1 heterocycles. The molecule has 1 aromatic heterocycles. The third kappa shape index (κ3) is 4.03. The van der Waals surface area contributed by atoms with E-state index in [1.807, 2.05) is 0 Å². The summed E-state index contributed by atoms with van der Waals surface area (Å²) in [5, 5.41) is 34.0. The van der Waals surface area contributed by atoms with E-state index in [1.165, 1.54) is 6.92 Å². The number of hydrogen-bond donors (Lipinski definition) is 3. The number of nitrogens with one attached hydrogen (secondary N) is 1. The number of nitrogens with zero attached hydrogens (tertiary/aromatic N) is 3. The zero-order valence-electron chi connectivity index (χ0n) is 9.89. The average molecular weight is 272 g/mol. The summed E-state index contributed by atoms with van der Waals surface area (Å²) < 4.78 is 0.994. The smallest absolute Gasteiger partial charge is 0.328 e. The summed E-state index contributed by atoms with van der Waals surface area (Å²) in [6.07, 6.45) is 0.738. The van der Waals surface area contributed by atoms with Crippen LogP contribution in [0, 0.1) is 10.1 Å². The summed E-state index contributed by atoms with van der Waals surface area (Å²) >= 11 is 0. The van der Waals surface area contributed by atoms with Crippen LogP contribution in [0.25, 0.3) is 0 Å². The predicted octanol–water partition coefficient (Wildman–Crippen LogP) is -1.26. The molecule has 0 radical (unpaired) electrons. The Morgan fingerprint density at radius 2 is 2.26 bits per heavy atom. The number of rotatable bonds is 6. The first-order chi connectivity index (χ1) is 8.81. The van der Waals surface area contributed by atoms with Crippen LogP contribution in [0.5, 0.6) is 0 Å². The minimum atomic E-state index is -1.45. The summed E-state index contributed by atoms with van der Waals surface area (Å²) in [6.45, 7) is 0.835. The normalized spacial score (nSPS) is 13.6. The second-order valence-electron chi connectivity index (χ2n) is 3.78. The third-order valence-corrected chi connectivity index (χ3v) is 2.20. The van der Waals surface area contributed by atoms with Gasteiger partial charge in [0.15, 0.2) is 6.04 Å². The third-order valence-electron chi connectivity index (χ3n) is 2.20. The number of hydrogen-bond acceptors (Lipinski definition) is 6. The van der Waals surface area contributed by atoms with Crippen LogP contribution >= 0.6 is 0 Å². The Morgan fingerprint density at radius 1 is 1.63 bits per heavy atom. The Hall–Kier alpha value is -2.49. The standard InChI is InChI=1S/C9H12N4O6/c1-5(14)8(9(16)17)11-7(15)4-12-3-6(2-10-12)13(18)19/h2-3,5,8,14H,4H2,1H3,(H,11,15)(H,16,17). The van der Waals surface area contributed by atoms with E-state index in [4.69, 9.17) is 10.2 Å². The van der Waals surface area contributed by atoms with E-state index in [2.05, 4.69) is 10.4 Å². The molecular formula is C9H12N4O6. The van der Waals surface area contributed by atoms with Gasteiger partial charge in [-0.25, -0.2) is 4.79 Å². The number of aliphatic carboxylic acids is 1. The van der Waals surface area contributed by atoms with E-state index in [-0.39, 0.29) is 12.2 Å². The van der Waals surface area contributed by atoms with Gasteiger partial charge in [-0.05, 0) is 6.92 Å². The van der Waals surface area contributed by atoms with Gasteiger partial charge in [0.25, 0.3) is 0 Å². The molecule has 0 saturated heterocycles. The van der Waals surface area contributed by atoms with Gasteiger partial charge in [0.2, 0.25) is 5.91 Å². The van der Waals surface area contributed by atoms with Gasteiger partial charge in [0.05, 0.1) is 11.0 Å². The van der Waals surface area contributed by atoms with Crippen molar-refractivity contribution >= 4 is 17.6 Å².